The molecule has 0 aromatic heterocycles. The first-order chi connectivity index (χ1) is 7.97. The maximum atomic E-state index is 2.49. The molecule has 0 radical (unpaired) electrons. The molecule has 1 nitrogen and oxygen atoms in total. The van der Waals surface area contributed by atoms with Crippen molar-refractivity contribution < 1.29 is 4.48 Å². The molecule has 0 aromatic rings. The largest absolute Gasteiger partial charge is 0.321 e. The van der Waals surface area contributed by atoms with Crippen molar-refractivity contribution in [1.82, 2.24) is 0 Å². The average molecular weight is 238 g/mol. The van der Waals surface area contributed by atoms with Crippen LogP contribution in [-0.4, -0.2) is 30.2 Å². The van der Waals surface area contributed by atoms with Crippen molar-refractivity contribution in [3.05, 3.63) is 0 Å². The Labute approximate surface area is 108 Å². The predicted molar refractivity (Wildman–Crippen MR) is 75.0 cm³/mol. The summed E-state index contributed by atoms with van der Waals surface area (Å²) in [7, 11) is 0. The summed E-state index contributed by atoms with van der Waals surface area (Å²) in [4.78, 5) is 0. The van der Waals surface area contributed by atoms with E-state index in [9.17, 15) is 0 Å². The molecule has 1 saturated carbocycles. The summed E-state index contributed by atoms with van der Waals surface area (Å²) in [5.41, 5.74) is 0.584. The van der Waals surface area contributed by atoms with Crippen molar-refractivity contribution >= 4 is 0 Å². The van der Waals surface area contributed by atoms with Crippen molar-refractivity contribution in [1.29, 1.82) is 0 Å². The first-order valence-electron chi connectivity index (χ1n) is 7.83. The number of quaternary nitrogens is 1. The van der Waals surface area contributed by atoms with Gasteiger partial charge in [-0.05, 0) is 43.9 Å². The molecule has 1 aliphatic carbocycles. The van der Waals surface area contributed by atoms with Gasteiger partial charge in [0.15, 0.2) is 0 Å². The fourth-order valence-electron chi connectivity index (χ4n) is 4.79. The molecule has 0 bridgehead atoms. The van der Waals surface area contributed by atoms with E-state index in [1.807, 2.05) is 0 Å². The SMILES string of the molecule is CC[N+]1(C2CC(C)CC(C)(C)C2)CCCCC1. The lowest BCUT2D eigenvalue weighted by Crippen LogP contribution is -2.60. The average Bonchev–Trinajstić information content (AvgIpc) is 2.27. The number of piperidine rings is 1. The van der Waals surface area contributed by atoms with Crippen LogP contribution in [0.15, 0.2) is 0 Å². The second-order valence-electron chi connectivity index (χ2n) is 7.61. The molecule has 2 aliphatic rings. The minimum atomic E-state index is 0.584. The van der Waals surface area contributed by atoms with Crippen LogP contribution in [0.5, 0.6) is 0 Å². The third-order valence-electron chi connectivity index (χ3n) is 5.47. The molecule has 2 rings (SSSR count). The van der Waals surface area contributed by atoms with Crippen molar-refractivity contribution in [3.8, 4) is 0 Å². The van der Waals surface area contributed by atoms with E-state index in [0.29, 0.717) is 5.41 Å². The lowest BCUT2D eigenvalue weighted by atomic mass is 9.69. The predicted octanol–water partition coefficient (Wildman–Crippen LogP) is 4.22. The highest BCUT2D eigenvalue weighted by atomic mass is 15.4. The van der Waals surface area contributed by atoms with Crippen LogP contribution >= 0.6 is 0 Å². The van der Waals surface area contributed by atoms with Crippen molar-refractivity contribution in [2.24, 2.45) is 11.3 Å². The van der Waals surface area contributed by atoms with E-state index < -0.39 is 0 Å². The van der Waals surface area contributed by atoms with Gasteiger partial charge in [-0.25, -0.2) is 0 Å². The van der Waals surface area contributed by atoms with Crippen LogP contribution in [0.4, 0.5) is 0 Å². The van der Waals surface area contributed by atoms with Crippen LogP contribution in [0.1, 0.15) is 66.2 Å². The minimum Gasteiger partial charge on any atom is -0.321 e. The first-order valence-corrected chi connectivity index (χ1v) is 7.83. The topological polar surface area (TPSA) is 0 Å². The summed E-state index contributed by atoms with van der Waals surface area (Å²) < 4.78 is 1.45. The number of hydrogen-bond acceptors (Lipinski definition) is 0. The molecule has 0 aromatic carbocycles. The first kappa shape index (κ1) is 13.4. The molecule has 0 amide bonds. The van der Waals surface area contributed by atoms with E-state index in [0.717, 1.165) is 12.0 Å². The Hall–Kier alpha value is -0.0400. The van der Waals surface area contributed by atoms with Gasteiger partial charge in [0.2, 0.25) is 0 Å². The highest BCUT2D eigenvalue weighted by Crippen LogP contribution is 2.43. The maximum Gasteiger partial charge on any atom is 0.0898 e. The molecule has 1 heteroatoms. The van der Waals surface area contributed by atoms with Crippen LogP contribution in [-0.2, 0) is 0 Å². The molecule has 1 saturated heterocycles. The molecule has 100 valence electrons. The molecular formula is C16H32N+. The Bertz CT molecular complexity index is 250. The van der Waals surface area contributed by atoms with Gasteiger partial charge in [0.05, 0.1) is 25.7 Å². The van der Waals surface area contributed by atoms with E-state index in [-0.39, 0.29) is 0 Å². The Kier molecular flexibility index (Phi) is 3.87. The van der Waals surface area contributed by atoms with Gasteiger partial charge in [-0.15, -0.1) is 0 Å². The molecule has 17 heavy (non-hydrogen) atoms. The summed E-state index contributed by atoms with van der Waals surface area (Å²) >= 11 is 0. The summed E-state index contributed by atoms with van der Waals surface area (Å²) in [6.45, 7) is 14.2. The minimum absolute atomic E-state index is 0.584. The van der Waals surface area contributed by atoms with Crippen LogP contribution in [0.25, 0.3) is 0 Å². The van der Waals surface area contributed by atoms with E-state index >= 15 is 0 Å². The zero-order valence-electron chi connectivity index (χ0n) is 12.5. The lowest BCUT2D eigenvalue weighted by molar-refractivity contribution is -0.956. The summed E-state index contributed by atoms with van der Waals surface area (Å²) in [6, 6.07) is 0.957. The Morgan fingerprint density at radius 2 is 1.71 bits per heavy atom. The standard InChI is InChI=1S/C16H32N/c1-5-17(9-7-6-8-10-17)15-11-14(2)12-16(3,4)13-15/h14-15H,5-13H2,1-4H3/q+1. The Morgan fingerprint density at radius 1 is 1.06 bits per heavy atom. The summed E-state index contributed by atoms with van der Waals surface area (Å²) in [5, 5.41) is 0. The highest BCUT2D eigenvalue weighted by Gasteiger charge is 2.43. The van der Waals surface area contributed by atoms with Crippen LogP contribution in [0.3, 0.4) is 0 Å². The zero-order valence-corrected chi connectivity index (χ0v) is 12.5. The van der Waals surface area contributed by atoms with Gasteiger partial charge in [-0.1, -0.05) is 20.8 Å². The van der Waals surface area contributed by atoms with Crippen molar-refractivity contribution in [2.75, 3.05) is 19.6 Å². The second kappa shape index (κ2) is 4.91. The normalized spacial score (nSPS) is 36.7. The second-order valence-corrected chi connectivity index (χ2v) is 7.61. The fraction of sp³-hybridized carbons (Fsp3) is 1.00. The third-order valence-corrected chi connectivity index (χ3v) is 5.47. The number of hydrogen-bond donors (Lipinski definition) is 0. The molecule has 2 atom stereocenters. The summed E-state index contributed by atoms with van der Waals surface area (Å²) in [5.74, 6) is 0.937. The fourth-order valence-corrected chi connectivity index (χ4v) is 4.79. The summed E-state index contributed by atoms with van der Waals surface area (Å²) in [6.07, 6.45) is 8.81. The number of likely N-dealkylation sites (tertiary alicyclic amines) is 1. The maximum absolute atomic E-state index is 2.49. The molecular weight excluding hydrogens is 206 g/mol. The Morgan fingerprint density at radius 3 is 2.24 bits per heavy atom. The number of nitrogens with zero attached hydrogens (tertiary/aromatic N) is 1. The van der Waals surface area contributed by atoms with Gasteiger partial charge >= 0.3 is 0 Å². The van der Waals surface area contributed by atoms with Crippen molar-refractivity contribution in [2.45, 2.75) is 72.3 Å². The molecule has 0 N–H and O–H groups in total. The van der Waals surface area contributed by atoms with E-state index in [1.54, 1.807) is 0 Å². The Balaban J connectivity index is 2.13. The monoisotopic (exact) mass is 238 g/mol. The van der Waals surface area contributed by atoms with Gasteiger partial charge in [0.25, 0.3) is 0 Å². The zero-order chi connectivity index (χ0) is 12.5. The van der Waals surface area contributed by atoms with E-state index in [1.165, 1.54) is 62.6 Å². The quantitative estimate of drug-likeness (QED) is 0.632. The van der Waals surface area contributed by atoms with Gasteiger partial charge in [0.1, 0.15) is 0 Å². The van der Waals surface area contributed by atoms with Crippen LogP contribution in [0.2, 0.25) is 0 Å². The molecule has 1 heterocycles. The molecule has 0 spiro atoms. The highest BCUT2D eigenvalue weighted by molar-refractivity contribution is 4.84. The molecule has 2 unspecified atom stereocenters. The van der Waals surface area contributed by atoms with Crippen molar-refractivity contribution in [3.63, 3.8) is 0 Å². The van der Waals surface area contributed by atoms with E-state index in [2.05, 4.69) is 27.7 Å². The van der Waals surface area contributed by atoms with Crippen LogP contribution in [0, 0.1) is 11.3 Å². The number of rotatable bonds is 2. The van der Waals surface area contributed by atoms with Gasteiger partial charge < -0.3 is 4.48 Å². The van der Waals surface area contributed by atoms with Gasteiger partial charge in [0, 0.05) is 12.8 Å². The van der Waals surface area contributed by atoms with E-state index in [4.69, 9.17) is 0 Å². The van der Waals surface area contributed by atoms with Gasteiger partial charge in [-0.3, -0.25) is 0 Å². The third kappa shape index (κ3) is 2.86. The lowest BCUT2D eigenvalue weighted by Gasteiger charge is -2.52. The molecule has 1 aliphatic heterocycles. The van der Waals surface area contributed by atoms with Gasteiger partial charge in [-0.2, -0.15) is 0 Å². The molecule has 2 fully saturated rings. The smallest absolute Gasteiger partial charge is 0.0898 e. The van der Waals surface area contributed by atoms with Crippen LogP contribution < -0.4 is 0 Å².